The van der Waals surface area contributed by atoms with Crippen molar-refractivity contribution in [2.24, 2.45) is 5.73 Å². The molecule has 84 valence electrons. The second kappa shape index (κ2) is 4.77. The highest BCUT2D eigenvalue weighted by Crippen LogP contribution is 2.17. The van der Waals surface area contributed by atoms with Crippen LogP contribution in [0.15, 0.2) is 10.7 Å². The number of hydrogen-bond donors (Lipinski definition) is 1. The summed E-state index contributed by atoms with van der Waals surface area (Å²) in [6.07, 6.45) is 5.83. The SMILES string of the molecule is CC(N)Cc1coc(CC2CCCO2)n1. The molecule has 15 heavy (non-hydrogen) atoms. The van der Waals surface area contributed by atoms with E-state index in [0.29, 0.717) is 6.10 Å². The van der Waals surface area contributed by atoms with Gasteiger partial charge in [0.1, 0.15) is 6.26 Å². The van der Waals surface area contributed by atoms with Crippen LogP contribution in [0.2, 0.25) is 0 Å². The van der Waals surface area contributed by atoms with Gasteiger partial charge >= 0.3 is 0 Å². The molecule has 0 saturated carbocycles. The van der Waals surface area contributed by atoms with Gasteiger partial charge in [-0.15, -0.1) is 0 Å². The van der Waals surface area contributed by atoms with Crippen molar-refractivity contribution in [3.63, 3.8) is 0 Å². The van der Waals surface area contributed by atoms with E-state index in [0.717, 1.165) is 43.9 Å². The molecule has 1 aromatic heterocycles. The molecule has 0 bridgehead atoms. The summed E-state index contributed by atoms with van der Waals surface area (Å²) in [5, 5.41) is 0. The van der Waals surface area contributed by atoms with Gasteiger partial charge in [0, 0.05) is 19.1 Å². The minimum absolute atomic E-state index is 0.130. The fourth-order valence-corrected chi connectivity index (χ4v) is 1.87. The van der Waals surface area contributed by atoms with E-state index < -0.39 is 0 Å². The lowest BCUT2D eigenvalue weighted by Crippen LogP contribution is -2.18. The van der Waals surface area contributed by atoms with E-state index in [4.69, 9.17) is 14.9 Å². The second-order valence-corrected chi connectivity index (χ2v) is 4.25. The zero-order valence-electron chi connectivity index (χ0n) is 9.11. The summed E-state index contributed by atoms with van der Waals surface area (Å²) in [4.78, 5) is 4.39. The van der Waals surface area contributed by atoms with Crippen LogP contribution in [0.25, 0.3) is 0 Å². The third-order valence-electron chi connectivity index (χ3n) is 2.56. The molecule has 2 rings (SSSR count). The molecule has 1 aliphatic heterocycles. The van der Waals surface area contributed by atoms with E-state index in [-0.39, 0.29) is 6.04 Å². The maximum Gasteiger partial charge on any atom is 0.196 e. The van der Waals surface area contributed by atoms with E-state index in [1.54, 1.807) is 6.26 Å². The summed E-state index contributed by atoms with van der Waals surface area (Å²) in [5.74, 6) is 0.776. The molecule has 1 aromatic rings. The van der Waals surface area contributed by atoms with Gasteiger partial charge in [-0.05, 0) is 19.8 Å². The highest BCUT2D eigenvalue weighted by molar-refractivity contribution is 4.99. The average molecular weight is 210 g/mol. The fourth-order valence-electron chi connectivity index (χ4n) is 1.87. The van der Waals surface area contributed by atoms with Crippen molar-refractivity contribution in [2.75, 3.05) is 6.61 Å². The molecule has 0 spiro atoms. The van der Waals surface area contributed by atoms with E-state index in [9.17, 15) is 0 Å². The van der Waals surface area contributed by atoms with Crippen LogP contribution in [0.3, 0.4) is 0 Å². The summed E-state index contributed by atoms with van der Waals surface area (Å²) < 4.78 is 10.9. The molecule has 0 aliphatic carbocycles. The average Bonchev–Trinajstić information content (AvgIpc) is 2.77. The predicted octanol–water partition coefficient (Wildman–Crippen LogP) is 1.29. The third kappa shape index (κ3) is 3.04. The molecule has 0 radical (unpaired) electrons. The minimum Gasteiger partial charge on any atom is -0.449 e. The Morgan fingerprint density at radius 2 is 2.53 bits per heavy atom. The maximum absolute atomic E-state index is 5.69. The van der Waals surface area contributed by atoms with Crippen molar-refractivity contribution in [3.8, 4) is 0 Å². The number of rotatable bonds is 4. The number of nitrogens with zero attached hydrogens (tertiary/aromatic N) is 1. The zero-order valence-corrected chi connectivity index (χ0v) is 9.11. The molecule has 1 aliphatic rings. The van der Waals surface area contributed by atoms with Gasteiger partial charge in [-0.1, -0.05) is 0 Å². The lowest BCUT2D eigenvalue weighted by molar-refractivity contribution is 0.106. The van der Waals surface area contributed by atoms with Crippen molar-refractivity contribution in [3.05, 3.63) is 17.8 Å². The van der Waals surface area contributed by atoms with Gasteiger partial charge in [0.05, 0.1) is 18.2 Å². The highest BCUT2D eigenvalue weighted by Gasteiger charge is 2.18. The van der Waals surface area contributed by atoms with E-state index in [1.165, 1.54) is 0 Å². The van der Waals surface area contributed by atoms with Crippen molar-refractivity contribution in [1.82, 2.24) is 4.98 Å². The quantitative estimate of drug-likeness (QED) is 0.813. The van der Waals surface area contributed by atoms with Gasteiger partial charge in [-0.25, -0.2) is 4.98 Å². The number of nitrogens with two attached hydrogens (primary N) is 1. The molecule has 0 aromatic carbocycles. The smallest absolute Gasteiger partial charge is 0.196 e. The van der Waals surface area contributed by atoms with E-state index in [2.05, 4.69) is 4.98 Å². The topological polar surface area (TPSA) is 61.3 Å². The van der Waals surface area contributed by atoms with Crippen LogP contribution in [-0.2, 0) is 17.6 Å². The Kier molecular flexibility index (Phi) is 3.38. The van der Waals surface area contributed by atoms with Crippen molar-refractivity contribution in [2.45, 2.75) is 44.8 Å². The van der Waals surface area contributed by atoms with E-state index in [1.807, 2.05) is 6.92 Å². The highest BCUT2D eigenvalue weighted by atomic mass is 16.5. The molecular formula is C11H18N2O2. The Labute approximate surface area is 89.8 Å². The summed E-state index contributed by atoms with van der Waals surface area (Å²) in [5.41, 5.74) is 6.63. The first kappa shape index (κ1) is 10.6. The van der Waals surface area contributed by atoms with Gasteiger partial charge in [-0.3, -0.25) is 0 Å². The van der Waals surface area contributed by atoms with Crippen LogP contribution in [0.1, 0.15) is 31.4 Å². The molecule has 0 amide bonds. The molecule has 2 heterocycles. The van der Waals surface area contributed by atoms with Crippen LogP contribution < -0.4 is 5.73 Å². The Morgan fingerprint density at radius 3 is 3.20 bits per heavy atom. The Balaban J connectivity index is 1.88. The molecule has 1 fully saturated rings. The monoisotopic (exact) mass is 210 g/mol. The first-order valence-corrected chi connectivity index (χ1v) is 5.54. The van der Waals surface area contributed by atoms with Crippen LogP contribution in [0.4, 0.5) is 0 Å². The van der Waals surface area contributed by atoms with Crippen molar-refractivity contribution >= 4 is 0 Å². The number of ether oxygens (including phenoxy) is 1. The molecule has 1 saturated heterocycles. The molecular weight excluding hydrogens is 192 g/mol. The largest absolute Gasteiger partial charge is 0.449 e. The standard InChI is InChI=1S/C11H18N2O2/c1-8(12)5-9-7-15-11(13-9)6-10-3-2-4-14-10/h7-8,10H,2-6,12H2,1H3. The molecule has 4 nitrogen and oxygen atoms in total. The normalized spacial score (nSPS) is 23.2. The number of hydrogen-bond acceptors (Lipinski definition) is 4. The van der Waals surface area contributed by atoms with Crippen molar-refractivity contribution in [1.29, 1.82) is 0 Å². The lowest BCUT2D eigenvalue weighted by Gasteiger charge is -2.04. The Hall–Kier alpha value is -0.870. The number of aromatic nitrogens is 1. The summed E-state index contributed by atoms with van der Waals surface area (Å²) in [6, 6.07) is 0.130. The predicted molar refractivity (Wildman–Crippen MR) is 56.5 cm³/mol. The van der Waals surface area contributed by atoms with Gasteiger partial charge in [0.25, 0.3) is 0 Å². The van der Waals surface area contributed by atoms with Gasteiger partial charge in [0.15, 0.2) is 5.89 Å². The van der Waals surface area contributed by atoms with Gasteiger partial charge in [-0.2, -0.15) is 0 Å². The van der Waals surface area contributed by atoms with Crippen molar-refractivity contribution < 1.29 is 9.15 Å². The van der Waals surface area contributed by atoms with Crippen LogP contribution in [0, 0.1) is 0 Å². The van der Waals surface area contributed by atoms with E-state index >= 15 is 0 Å². The van der Waals surface area contributed by atoms with Gasteiger partial charge < -0.3 is 14.9 Å². The zero-order chi connectivity index (χ0) is 10.7. The van der Waals surface area contributed by atoms with Crippen LogP contribution in [0.5, 0.6) is 0 Å². The van der Waals surface area contributed by atoms with Crippen LogP contribution in [-0.4, -0.2) is 23.7 Å². The molecule has 2 unspecified atom stereocenters. The summed E-state index contributed by atoms with van der Waals surface area (Å²) >= 11 is 0. The number of oxazole rings is 1. The molecule has 2 atom stereocenters. The maximum atomic E-state index is 5.69. The van der Waals surface area contributed by atoms with Crippen LogP contribution >= 0.6 is 0 Å². The second-order valence-electron chi connectivity index (χ2n) is 4.25. The molecule has 4 heteroatoms. The molecule has 2 N–H and O–H groups in total. The Morgan fingerprint density at radius 1 is 1.67 bits per heavy atom. The lowest BCUT2D eigenvalue weighted by atomic mass is 10.2. The summed E-state index contributed by atoms with van der Waals surface area (Å²) in [7, 11) is 0. The minimum atomic E-state index is 0.130. The fraction of sp³-hybridized carbons (Fsp3) is 0.727. The van der Waals surface area contributed by atoms with Gasteiger partial charge in [0.2, 0.25) is 0 Å². The first-order chi connectivity index (χ1) is 7.24. The summed E-state index contributed by atoms with van der Waals surface area (Å²) in [6.45, 7) is 2.84. The third-order valence-corrected chi connectivity index (χ3v) is 2.56. The Bertz CT molecular complexity index is 303. The first-order valence-electron chi connectivity index (χ1n) is 5.54.